The molecule has 0 heterocycles. The second-order valence-electron chi connectivity index (χ2n) is 7.02. The van der Waals surface area contributed by atoms with Gasteiger partial charge in [0.05, 0.1) is 5.56 Å². The van der Waals surface area contributed by atoms with E-state index in [1.165, 1.54) is 4.90 Å². The van der Waals surface area contributed by atoms with E-state index in [9.17, 15) is 27.2 Å². The van der Waals surface area contributed by atoms with Gasteiger partial charge >= 0.3 is 12.2 Å². The lowest BCUT2D eigenvalue weighted by atomic mass is 10.1. The van der Waals surface area contributed by atoms with Gasteiger partial charge in [-0.3, -0.25) is 4.79 Å². The summed E-state index contributed by atoms with van der Waals surface area (Å²) in [5.41, 5.74) is -0.0550. The summed E-state index contributed by atoms with van der Waals surface area (Å²) in [6.07, 6.45) is -4.75. The van der Waals surface area contributed by atoms with E-state index in [-0.39, 0.29) is 11.5 Å². The SMILES string of the molecule is CN(C(=O)c1ccc(Cl)cc1)c1ccc(NC(=O)NCc2ccc(F)cc2C(F)(F)F)cc1. The highest BCUT2D eigenvalue weighted by molar-refractivity contribution is 6.30. The van der Waals surface area contributed by atoms with Crippen LogP contribution in [0, 0.1) is 5.82 Å². The summed E-state index contributed by atoms with van der Waals surface area (Å²) in [4.78, 5) is 26.1. The van der Waals surface area contributed by atoms with Crippen molar-refractivity contribution in [3.8, 4) is 0 Å². The van der Waals surface area contributed by atoms with Gasteiger partial charge in [0.25, 0.3) is 5.91 Å². The number of anilines is 2. The fourth-order valence-electron chi connectivity index (χ4n) is 2.99. The summed E-state index contributed by atoms with van der Waals surface area (Å²) in [6.45, 7) is -0.447. The van der Waals surface area contributed by atoms with Gasteiger partial charge in [0, 0.05) is 35.6 Å². The van der Waals surface area contributed by atoms with Crippen LogP contribution < -0.4 is 15.5 Å². The molecular formula is C23H18ClF4N3O2. The number of carbonyl (C=O) groups excluding carboxylic acids is 2. The standard InChI is InChI=1S/C23H18ClF4N3O2/c1-31(21(32)14-2-5-16(24)6-3-14)19-10-8-18(9-11-19)30-22(33)29-13-15-4-7-17(25)12-20(15)23(26,27)28/h2-12H,13H2,1H3,(H2,29,30,33). The third kappa shape index (κ3) is 6.23. The lowest BCUT2D eigenvalue weighted by Crippen LogP contribution is -2.29. The molecule has 3 rings (SSSR count). The zero-order chi connectivity index (χ0) is 24.2. The minimum Gasteiger partial charge on any atom is -0.334 e. The molecule has 33 heavy (non-hydrogen) atoms. The van der Waals surface area contributed by atoms with Crippen LogP contribution in [0.15, 0.2) is 66.7 Å². The van der Waals surface area contributed by atoms with Gasteiger partial charge in [-0.2, -0.15) is 13.2 Å². The minimum atomic E-state index is -4.75. The average Bonchev–Trinajstić information content (AvgIpc) is 2.77. The molecule has 172 valence electrons. The summed E-state index contributed by atoms with van der Waals surface area (Å²) in [5.74, 6) is -1.28. The van der Waals surface area contributed by atoms with Gasteiger partial charge in [0.2, 0.25) is 0 Å². The third-order valence-electron chi connectivity index (χ3n) is 4.72. The second-order valence-corrected chi connectivity index (χ2v) is 7.46. The van der Waals surface area contributed by atoms with Gasteiger partial charge in [-0.1, -0.05) is 17.7 Å². The van der Waals surface area contributed by atoms with E-state index in [0.717, 1.165) is 12.1 Å². The number of carbonyl (C=O) groups is 2. The largest absolute Gasteiger partial charge is 0.416 e. The summed E-state index contributed by atoms with van der Waals surface area (Å²) in [5, 5.41) is 5.32. The molecule has 0 aliphatic heterocycles. The Bertz CT molecular complexity index is 1150. The van der Waals surface area contributed by atoms with E-state index < -0.39 is 30.1 Å². The number of rotatable bonds is 5. The first kappa shape index (κ1) is 24.1. The maximum Gasteiger partial charge on any atom is 0.416 e. The number of benzene rings is 3. The molecule has 0 saturated carbocycles. The molecule has 3 aromatic carbocycles. The molecule has 3 amide bonds. The third-order valence-corrected chi connectivity index (χ3v) is 4.98. The molecule has 0 aromatic heterocycles. The number of hydrogen-bond acceptors (Lipinski definition) is 2. The second kappa shape index (κ2) is 9.91. The molecule has 0 bridgehead atoms. The van der Waals surface area contributed by atoms with Crippen molar-refractivity contribution in [2.45, 2.75) is 12.7 Å². The molecular weight excluding hydrogens is 462 g/mol. The first-order chi connectivity index (χ1) is 15.5. The van der Waals surface area contributed by atoms with Gasteiger partial charge in [0.1, 0.15) is 5.82 Å². The Morgan fingerprint density at radius 2 is 1.61 bits per heavy atom. The predicted octanol–water partition coefficient (Wildman–Crippen LogP) is 6.10. The monoisotopic (exact) mass is 479 g/mol. The number of alkyl halides is 3. The topological polar surface area (TPSA) is 61.4 Å². The zero-order valence-corrected chi connectivity index (χ0v) is 18.0. The van der Waals surface area contributed by atoms with Gasteiger partial charge in [-0.15, -0.1) is 0 Å². The number of urea groups is 1. The van der Waals surface area contributed by atoms with Crippen molar-refractivity contribution in [3.05, 3.63) is 94.3 Å². The Hall–Kier alpha value is -3.59. The van der Waals surface area contributed by atoms with Crippen molar-refractivity contribution in [3.63, 3.8) is 0 Å². The van der Waals surface area contributed by atoms with Gasteiger partial charge in [0.15, 0.2) is 0 Å². The van der Waals surface area contributed by atoms with Crippen LogP contribution in [0.1, 0.15) is 21.5 Å². The van der Waals surface area contributed by atoms with E-state index in [2.05, 4.69) is 10.6 Å². The summed E-state index contributed by atoms with van der Waals surface area (Å²) < 4.78 is 52.4. The van der Waals surface area contributed by atoms with E-state index in [1.807, 2.05) is 0 Å². The van der Waals surface area contributed by atoms with E-state index >= 15 is 0 Å². The Balaban J connectivity index is 1.60. The summed E-state index contributed by atoms with van der Waals surface area (Å²) >= 11 is 5.83. The van der Waals surface area contributed by atoms with Crippen LogP contribution >= 0.6 is 11.6 Å². The lowest BCUT2D eigenvalue weighted by molar-refractivity contribution is -0.138. The van der Waals surface area contributed by atoms with Crippen LogP contribution in [0.5, 0.6) is 0 Å². The molecule has 0 aliphatic carbocycles. The zero-order valence-electron chi connectivity index (χ0n) is 17.2. The van der Waals surface area contributed by atoms with Crippen molar-refractivity contribution in [1.29, 1.82) is 0 Å². The Labute approximate surface area is 192 Å². The highest BCUT2D eigenvalue weighted by Gasteiger charge is 2.33. The summed E-state index contributed by atoms with van der Waals surface area (Å²) in [7, 11) is 1.59. The van der Waals surface area contributed by atoms with Crippen molar-refractivity contribution < 1.29 is 27.2 Å². The highest BCUT2D eigenvalue weighted by atomic mass is 35.5. The minimum absolute atomic E-state index is 0.259. The molecule has 5 nitrogen and oxygen atoms in total. The van der Waals surface area contributed by atoms with Crippen molar-refractivity contribution in [2.75, 3.05) is 17.3 Å². The van der Waals surface area contributed by atoms with Crippen LogP contribution in [0.3, 0.4) is 0 Å². The molecule has 0 saturated heterocycles. The molecule has 0 radical (unpaired) electrons. The van der Waals surface area contributed by atoms with Gasteiger partial charge in [-0.05, 0) is 66.2 Å². The fraction of sp³-hybridized carbons (Fsp3) is 0.130. The van der Waals surface area contributed by atoms with E-state index in [4.69, 9.17) is 11.6 Å². The number of halogens is 5. The average molecular weight is 480 g/mol. The normalized spacial score (nSPS) is 11.1. The van der Waals surface area contributed by atoms with E-state index in [0.29, 0.717) is 28.0 Å². The lowest BCUT2D eigenvalue weighted by Gasteiger charge is -2.18. The maximum absolute atomic E-state index is 13.2. The number of nitrogens with zero attached hydrogens (tertiary/aromatic N) is 1. The summed E-state index contributed by atoms with van der Waals surface area (Å²) in [6, 6.07) is 14.2. The molecule has 10 heteroatoms. The molecule has 0 unspecified atom stereocenters. The van der Waals surface area contributed by atoms with Crippen LogP contribution in [-0.4, -0.2) is 19.0 Å². The van der Waals surface area contributed by atoms with Crippen LogP contribution in [0.2, 0.25) is 5.02 Å². The highest BCUT2D eigenvalue weighted by Crippen LogP contribution is 2.32. The van der Waals surface area contributed by atoms with Gasteiger partial charge < -0.3 is 15.5 Å². The van der Waals surface area contributed by atoms with Crippen molar-refractivity contribution >= 4 is 34.9 Å². The molecule has 0 fully saturated rings. The van der Waals surface area contributed by atoms with Crippen LogP contribution in [0.4, 0.5) is 33.7 Å². The number of hydrogen-bond donors (Lipinski definition) is 2. The molecule has 3 aromatic rings. The first-order valence-corrected chi connectivity index (χ1v) is 9.96. The smallest absolute Gasteiger partial charge is 0.334 e. The first-order valence-electron chi connectivity index (χ1n) is 9.59. The van der Waals surface area contributed by atoms with Crippen molar-refractivity contribution in [1.82, 2.24) is 5.32 Å². The Morgan fingerprint density at radius 1 is 0.970 bits per heavy atom. The molecule has 0 aliphatic rings. The Kier molecular flexibility index (Phi) is 7.23. The van der Waals surface area contributed by atoms with Crippen LogP contribution in [-0.2, 0) is 12.7 Å². The Morgan fingerprint density at radius 3 is 2.21 bits per heavy atom. The fourth-order valence-corrected chi connectivity index (χ4v) is 3.12. The van der Waals surface area contributed by atoms with Gasteiger partial charge in [-0.25, -0.2) is 9.18 Å². The van der Waals surface area contributed by atoms with E-state index in [1.54, 1.807) is 55.6 Å². The molecule has 0 atom stereocenters. The van der Waals surface area contributed by atoms with Crippen molar-refractivity contribution in [2.24, 2.45) is 0 Å². The van der Waals surface area contributed by atoms with Crippen LogP contribution in [0.25, 0.3) is 0 Å². The predicted molar refractivity (Wildman–Crippen MR) is 118 cm³/mol. The maximum atomic E-state index is 13.2. The number of amides is 3. The number of nitrogens with one attached hydrogen (secondary N) is 2. The quantitative estimate of drug-likeness (QED) is 0.435. The molecule has 0 spiro atoms. The molecule has 2 N–H and O–H groups in total.